The molecule has 0 aliphatic carbocycles. The van der Waals surface area contributed by atoms with Crippen molar-refractivity contribution >= 4 is 32.9 Å². The number of methoxy groups -OCH3 is 1. The van der Waals surface area contributed by atoms with Crippen molar-refractivity contribution in [2.24, 2.45) is 0 Å². The Kier molecular flexibility index (Phi) is 7.77. The van der Waals surface area contributed by atoms with Crippen LogP contribution in [0.25, 0.3) is 20.5 Å². The molecule has 0 unspecified atom stereocenters. The highest BCUT2D eigenvalue weighted by Crippen LogP contribution is 2.41. The van der Waals surface area contributed by atoms with Gasteiger partial charge in [0.2, 0.25) is 0 Å². The largest absolute Gasteiger partial charge is 0.497 e. The molecule has 1 saturated heterocycles. The summed E-state index contributed by atoms with van der Waals surface area (Å²) in [5, 5.41) is 0.948. The molecule has 1 fully saturated rings. The Morgan fingerprint density at radius 3 is 2.30 bits per heavy atom. The highest BCUT2D eigenvalue weighted by Gasteiger charge is 2.22. The van der Waals surface area contributed by atoms with Crippen LogP contribution in [0.3, 0.4) is 0 Å². The van der Waals surface area contributed by atoms with Gasteiger partial charge in [-0.1, -0.05) is 18.6 Å². The van der Waals surface area contributed by atoms with E-state index in [2.05, 4.69) is 34.1 Å². The van der Waals surface area contributed by atoms with Gasteiger partial charge in [-0.25, -0.2) is 0 Å². The van der Waals surface area contributed by atoms with Crippen molar-refractivity contribution in [3.8, 4) is 21.9 Å². The van der Waals surface area contributed by atoms with Crippen LogP contribution in [0.5, 0.6) is 11.5 Å². The highest BCUT2D eigenvalue weighted by atomic mass is 32.1. The van der Waals surface area contributed by atoms with Gasteiger partial charge in [0, 0.05) is 52.4 Å². The lowest BCUT2D eigenvalue weighted by atomic mass is 9.97. The van der Waals surface area contributed by atoms with Crippen LogP contribution in [-0.2, 0) is 0 Å². The molecular weight excluding hydrogens is 480 g/mol. The Morgan fingerprint density at radius 2 is 1.62 bits per heavy atom. The average Bonchev–Trinajstić information content (AvgIpc) is 3.32. The number of hydrogen-bond acceptors (Lipinski definition) is 6. The summed E-state index contributed by atoms with van der Waals surface area (Å²) in [6.45, 7) is 3.94. The second kappa shape index (κ2) is 11.4. The Bertz CT molecular complexity index is 1350. The van der Waals surface area contributed by atoms with Gasteiger partial charge in [0.1, 0.15) is 18.1 Å². The van der Waals surface area contributed by atoms with Gasteiger partial charge in [-0.15, -0.1) is 11.3 Å². The van der Waals surface area contributed by atoms with E-state index in [9.17, 15) is 4.79 Å². The predicted molar refractivity (Wildman–Crippen MR) is 154 cm³/mol. The quantitative estimate of drug-likeness (QED) is 0.232. The summed E-state index contributed by atoms with van der Waals surface area (Å²) in [4.78, 5) is 19.4. The van der Waals surface area contributed by atoms with E-state index in [4.69, 9.17) is 9.47 Å². The van der Waals surface area contributed by atoms with Gasteiger partial charge < -0.3 is 14.4 Å². The Morgan fingerprint density at radius 1 is 0.919 bits per heavy atom. The highest BCUT2D eigenvalue weighted by molar-refractivity contribution is 7.22. The zero-order valence-electron chi connectivity index (χ0n) is 21.8. The number of rotatable bonds is 9. The molecule has 0 saturated carbocycles. The standard InChI is InChI=1S/C31H34N2O3S/c1-32(2)24-11-7-23(8-12-24)31-29(27-16-15-26(35-3)21-28(27)37-31)30(34)22-9-13-25(14-10-22)36-20-19-33-17-5-4-6-18-33/h7-16,21H,4-6,17-20H2,1-3H3. The van der Waals surface area contributed by atoms with Crippen LogP contribution >= 0.6 is 11.3 Å². The first kappa shape index (κ1) is 25.3. The number of hydrogen-bond donors (Lipinski definition) is 0. The van der Waals surface area contributed by atoms with Gasteiger partial charge in [-0.3, -0.25) is 9.69 Å². The van der Waals surface area contributed by atoms with Gasteiger partial charge >= 0.3 is 0 Å². The summed E-state index contributed by atoms with van der Waals surface area (Å²) >= 11 is 1.63. The second-order valence-electron chi connectivity index (χ2n) is 9.71. The topological polar surface area (TPSA) is 42.0 Å². The molecule has 3 aromatic carbocycles. The maximum atomic E-state index is 13.9. The Balaban J connectivity index is 1.41. The number of ketones is 1. The molecule has 5 rings (SSSR count). The van der Waals surface area contributed by atoms with E-state index < -0.39 is 0 Å². The van der Waals surface area contributed by atoms with Crippen LogP contribution in [0.1, 0.15) is 35.2 Å². The van der Waals surface area contributed by atoms with Crippen LogP contribution in [0.2, 0.25) is 0 Å². The zero-order chi connectivity index (χ0) is 25.8. The van der Waals surface area contributed by atoms with Crippen molar-refractivity contribution in [1.29, 1.82) is 0 Å². The van der Waals surface area contributed by atoms with E-state index in [1.54, 1.807) is 18.4 Å². The molecule has 4 aromatic rings. The number of likely N-dealkylation sites (tertiary alicyclic amines) is 1. The lowest BCUT2D eigenvalue weighted by molar-refractivity contribution is 0.104. The van der Waals surface area contributed by atoms with E-state index in [1.165, 1.54) is 19.3 Å². The van der Waals surface area contributed by atoms with Gasteiger partial charge in [0.15, 0.2) is 5.78 Å². The second-order valence-corrected chi connectivity index (χ2v) is 10.8. The van der Waals surface area contributed by atoms with Crippen molar-refractivity contribution in [2.45, 2.75) is 19.3 Å². The van der Waals surface area contributed by atoms with E-state index in [1.807, 2.05) is 56.6 Å². The fraction of sp³-hybridized carbons (Fsp3) is 0.323. The molecule has 0 N–H and O–H groups in total. The Labute approximate surface area is 223 Å². The van der Waals surface area contributed by atoms with Crippen LogP contribution in [0.4, 0.5) is 5.69 Å². The summed E-state index contributed by atoms with van der Waals surface area (Å²) in [5.74, 6) is 1.60. The molecule has 0 amide bonds. The number of ether oxygens (including phenoxy) is 2. The van der Waals surface area contributed by atoms with Crippen molar-refractivity contribution < 1.29 is 14.3 Å². The molecule has 2 heterocycles. The first-order chi connectivity index (χ1) is 18.0. The maximum absolute atomic E-state index is 13.9. The third-order valence-electron chi connectivity index (χ3n) is 7.01. The van der Waals surface area contributed by atoms with Crippen molar-refractivity contribution in [3.63, 3.8) is 0 Å². The first-order valence-corrected chi connectivity index (χ1v) is 13.7. The lowest BCUT2D eigenvalue weighted by Crippen LogP contribution is -2.33. The minimum Gasteiger partial charge on any atom is -0.497 e. The minimum atomic E-state index is 0.0166. The molecule has 5 nitrogen and oxygen atoms in total. The summed E-state index contributed by atoms with van der Waals surface area (Å²) < 4.78 is 12.5. The van der Waals surface area contributed by atoms with Crippen LogP contribution < -0.4 is 14.4 Å². The van der Waals surface area contributed by atoms with Gasteiger partial charge in [-0.05, 0) is 86.1 Å². The van der Waals surface area contributed by atoms with Crippen LogP contribution in [0, 0.1) is 0 Å². The number of fused-ring (bicyclic) bond motifs is 1. The minimum absolute atomic E-state index is 0.0166. The smallest absolute Gasteiger partial charge is 0.195 e. The summed E-state index contributed by atoms with van der Waals surface area (Å²) in [6, 6.07) is 21.9. The predicted octanol–water partition coefficient (Wildman–Crippen LogP) is 6.74. The molecule has 0 bridgehead atoms. The van der Waals surface area contributed by atoms with E-state index >= 15 is 0 Å². The molecule has 6 heteroatoms. The van der Waals surface area contributed by atoms with Gasteiger partial charge in [-0.2, -0.15) is 0 Å². The van der Waals surface area contributed by atoms with E-state index in [0.29, 0.717) is 12.2 Å². The summed E-state index contributed by atoms with van der Waals surface area (Å²) in [6.07, 6.45) is 3.90. The molecule has 0 spiro atoms. The average molecular weight is 515 g/mol. The van der Waals surface area contributed by atoms with Gasteiger partial charge in [0.25, 0.3) is 0 Å². The monoisotopic (exact) mass is 514 g/mol. The molecule has 37 heavy (non-hydrogen) atoms. The zero-order valence-corrected chi connectivity index (χ0v) is 22.6. The SMILES string of the molecule is COc1ccc2c(C(=O)c3ccc(OCCN4CCCCC4)cc3)c(-c3ccc(N(C)C)cc3)sc2c1. The normalized spacial score (nSPS) is 14.0. The molecule has 192 valence electrons. The molecular formula is C31H34N2O3S. The maximum Gasteiger partial charge on any atom is 0.195 e. The summed E-state index contributed by atoms with van der Waals surface area (Å²) in [5.41, 5.74) is 3.55. The summed E-state index contributed by atoms with van der Waals surface area (Å²) in [7, 11) is 5.71. The molecule has 1 aliphatic rings. The van der Waals surface area contributed by atoms with Gasteiger partial charge in [0.05, 0.1) is 7.11 Å². The van der Waals surface area contributed by atoms with Crippen LogP contribution in [0.15, 0.2) is 66.7 Å². The number of nitrogens with zero attached hydrogens (tertiary/aromatic N) is 2. The number of piperidine rings is 1. The van der Waals surface area contributed by atoms with Crippen molar-refractivity contribution in [1.82, 2.24) is 4.90 Å². The number of thiophene rings is 1. The number of benzene rings is 3. The lowest BCUT2D eigenvalue weighted by Gasteiger charge is -2.26. The molecule has 1 aromatic heterocycles. The first-order valence-electron chi connectivity index (χ1n) is 12.9. The fourth-order valence-corrected chi connectivity index (χ4v) is 6.10. The molecule has 0 atom stereocenters. The third-order valence-corrected chi connectivity index (χ3v) is 8.21. The van der Waals surface area contributed by atoms with Crippen molar-refractivity contribution in [2.75, 3.05) is 52.3 Å². The Hall–Kier alpha value is -3.35. The number of carbonyl (C=O) groups is 1. The molecule has 0 radical (unpaired) electrons. The van der Waals surface area contributed by atoms with E-state index in [-0.39, 0.29) is 5.78 Å². The molecule has 1 aliphatic heterocycles. The number of carbonyl (C=O) groups excluding carboxylic acids is 1. The number of anilines is 1. The fourth-order valence-electron chi connectivity index (χ4n) is 4.87. The van der Waals surface area contributed by atoms with Crippen molar-refractivity contribution in [3.05, 3.63) is 77.9 Å². The van der Waals surface area contributed by atoms with E-state index in [0.717, 1.165) is 62.9 Å². The third kappa shape index (κ3) is 5.65. The van der Waals surface area contributed by atoms with Crippen LogP contribution in [-0.4, -0.2) is 58.1 Å².